The van der Waals surface area contributed by atoms with Crippen molar-refractivity contribution in [2.24, 2.45) is 0 Å². The van der Waals surface area contributed by atoms with Gasteiger partial charge in [-0.05, 0) is 38.6 Å². The van der Waals surface area contributed by atoms with Crippen molar-refractivity contribution < 1.29 is 4.79 Å². The number of carbonyl (C=O) groups excluding carboxylic acids is 1. The quantitative estimate of drug-likeness (QED) is 0.777. The van der Waals surface area contributed by atoms with E-state index in [4.69, 9.17) is 0 Å². The van der Waals surface area contributed by atoms with Crippen LogP contribution in [0.3, 0.4) is 0 Å². The lowest BCUT2D eigenvalue weighted by molar-refractivity contribution is -0.117. The molecule has 1 aliphatic heterocycles. The molecule has 0 atom stereocenters. The first-order valence-corrected chi connectivity index (χ1v) is 5.77. The van der Waals surface area contributed by atoms with E-state index in [2.05, 4.69) is 30.4 Å². The monoisotopic (exact) mass is 218 g/mol. The van der Waals surface area contributed by atoms with E-state index in [1.807, 2.05) is 11.9 Å². The van der Waals surface area contributed by atoms with Crippen LogP contribution in [0, 0.1) is 6.92 Å². The summed E-state index contributed by atoms with van der Waals surface area (Å²) in [7, 11) is 1.93. The third-order valence-electron chi connectivity index (χ3n) is 2.98. The van der Waals surface area contributed by atoms with Crippen LogP contribution in [0.15, 0.2) is 18.2 Å². The molecule has 1 aromatic carbocycles. The summed E-state index contributed by atoms with van der Waals surface area (Å²) >= 11 is 0. The van der Waals surface area contributed by atoms with E-state index in [-0.39, 0.29) is 5.91 Å². The molecule has 0 fully saturated rings. The zero-order valence-electron chi connectivity index (χ0n) is 9.92. The first-order chi connectivity index (χ1) is 7.72. The maximum Gasteiger partial charge on any atom is 0.231 e. The number of amides is 1. The summed E-state index contributed by atoms with van der Waals surface area (Å²) < 4.78 is 0. The molecule has 1 N–H and O–H groups in total. The van der Waals surface area contributed by atoms with E-state index in [0.717, 1.165) is 25.2 Å². The molecule has 0 radical (unpaired) electrons. The normalized spacial score (nSPS) is 14.4. The van der Waals surface area contributed by atoms with Gasteiger partial charge in [-0.3, -0.25) is 4.79 Å². The van der Waals surface area contributed by atoms with Crippen molar-refractivity contribution in [3.05, 3.63) is 29.3 Å². The number of fused-ring (bicyclic) bond motifs is 1. The predicted molar refractivity (Wildman–Crippen MR) is 65.8 cm³/mol. The van der Waals surface area contributed by atoms with Gasteiger partial charge in [-0.1, -0.05) is 17.7 Å². The molecule has 0 unspecified atom stereocenters. The van der Waals surface area contributed by atoms with Gasteiger partial charge in [0.05, 0.1) is 6.42 Å². The van der Waals surface area contributed by atoms with Crippen LogP contribution in [0.25, 0.3) is 0 Å². The van der Waals surface area contributed by atoms with Crippen LogP contribution in [0.4, 0.5) is 5.69 Å². The molecular formula is C13H18N2O. The number of hydrogen-bond donors (Lipinski definition) is 1. The Morgan fingerprint density at radius 2 is 2.25 bits per heavy atom. The highest BCUT2D eigenvalue weighted by molar-refractivity contribution is 6.01. The van der Waals surface area contributed by atoms with Crippen LogP contribution in [0.5, 0.6) is 0 Å². The fraction of sp³-hybridized carbons (Fsp3) is 0.462. The van der Waals surface area contributed by atoms with Crippen LogP contribution in [0.2, 0.25) is 0 Å². The van der Waals surface area contributed by atoms with Crippen molar-refractivity contribution in [1.82, 2.24) is 5.32 Å². The highest BCUT2D eigenvalue weighted by Gasteiger charge is 2.26. The molecule has 0 saturated carbocycles. The number of rotatable bonds is 4. The van der Waals surface area contributed by atoms with E-state index in [0.29, 0.717) is 6.42 Å². The van der Waals surface area contributed by atoms with Crippen LogP contribution in [-0.4, -0.2) is 26.0 Å². The van der Waals surface area contributed by atoms with Gasteiger partial charge in [0.25, 0.3) is 0 Å². The first kappa shape index (κ1) is 11.1. The second-order valence-electron chi connectivity index (χ2n) is 4.31. The Morgan fingerprint density at radius 3 is 3.00 bits per heavy atom. The number of anilines is 1. The summed E-state index contributed by atoms with van der Waals surface area (Å²) in [4.78, 5) is 13.8. The molecule has 2 rings (SSSR count). The Kier molecular flexibility index (Phi) is 3.25. The molecule has 16 heavy (non-hydrogen) atoms. The van der Waals surface area contributed by atoms with Gasteiger partial charge in [0, 0.05) is 12.2 Å². The molecule has 0 bridgehead atoms. The molecule has 0 saturated heterocycles. The number of hydrogen-bond acceptors (Lipinski definition) is 2. The zero-order chi connectivity index (χ0) is 11.5. The van der Waals surface area contributed by atoms with Crippen molar-refractivity contribution in [3.8, 4) is 0 Å². The molecule has 1 aliphatic rings. The summed E-state index contributed by atoms with van der Waals surface area (Å²) in [6.07, 6.45) is 1.56. The van der Waals surface area contributed by atoms with Crippen molar-refractivity contribution in [2.75, 3.05) is 25.0 Å². The van der Waals surface area contributed by atoms with E-state index in [1.54, 1.807) is 0 Å². The summed E-state index contributed by atoms with van der Waals surface area (Å²) in [6, 6.07) is 6.25. The lowest BCUT2D eigenvalue weighted by Crippen LogP contribution is -2.29. The third kappa shape index (κ3) is 2.09. The lowest BCUT2D eigenvalue weighted by atomic mass is 10.1. The first-order valence-electron chi connectivity index (χ1n) is 5.77. The molecular weight excluding hydrogens is 200 g/mol. The second-order valence-corrected chi connectivity index (χ2v) is 4.31. The van der Waals surface area contributed by atoms with Gasteiger partial charge in [-0.15, -0.1) is 0 Å². The highest BCUT2D eigenvalue weighted by atomic mass is 16.2. The average Bonchev–Trinajstić information content (AvgIpc) is 2.55. The Morgan fingerprint density at radius 1 is 1.44 bits per heavy atom. The fourth-order valence-electron chi connectivity index (χ4n) is 2.17. The minimum atomic E-state index is 0.233. The number of aryl methyl sites for hydroxylation is 1. The Labute approximate surface area is 96.5 Å². The van der Waals surface area contributed by atoms with E-state index < -0.39 is 0 Å². The number of carbonyl (C=O) groups is 1. The molecule has 0 aromatic heterocycles. The second kappa shape index (κ2) is 4.66. The number of nitrogens with zero attached hydrogens (tertiary/aromatic N) is 1. The minimum absolute atomic E-state index is 0.233. The van der Waals surface area contributed by atoms with E-state index in [9.17, 15) is 4.79 Å². The minimum Gasteiger partial charge on any atom is -0.320 e. The SMILES string of the molecule is CNCCCN1C(=O)Cc2cc(C)ccc21. The number of benzene rings is 1. The molecule has 1 amide bonds. The smallest absolute Gasteiger partial charge is 0.231 e. The van der Waals surface area contributed by atoms with Crippen LogP contribution < -0.4 is 10.2 Å². The summed E-state index contributed by atoms with van der Waals surface area (Å²) in [5.74, 6) is 0.233. The Bertz CT molecular complexity index is 401. The highest BCUT2D eigenvalue weighted by Crippen LogP contribution is 2.29. The van der Waals surface area contributed by atoms with Gasteiger partial charge in [0.1, 0.15) is 0 Å². The van der Waals surface area contributed by atoms with E-state index in [1.165, 1.54) is 11.1 Å². The van der Waals surface area contributed by atoms with Gasteiger partial charge in [0.15, 0.2) is 0 Å². The summed E-state index contributed by atoms with van der Waals surface area (Å²) in [5, 5.41) is 3.10. The zero-order valence-corrected chi connectivity index (χ0v) is 9.92. The lowest BCUT2D eigenvalue weighted by Gasteiger charge is -2.17. The van der Waals surface area contributed by atoms with Crippen LogP contribution in [-0.2, 0) is 11.2 Å². The molecule has 0 spiro atoms. The van der Waals surface area contributed by atoms with Crippen LogP contribution >= 0.6 is 0 Å². The number of nitrogens with one attached hydrogen (secondary N) is 1. The van der Waals surface area contributed by atoms with Crippen molar-refractivity contribution in [3.63, 3.8) is 0 Å². The topological polar surface area (TPSA) is 32.3 Å². The Balaban J connectivity index is 2.13. The molecule has 3 nitrogen and oxygen atoms in total. The summed E-state index contributed by atoms with van der Waals surface area (Å²) in [5.41, 5.74) is 3.50. The van der Waals surface area contributed by atoms with Gasteiger partial charge in [-0.25, -0.2) is 0 Å². The van der Waals surface area contributed by atoms with Crippen molar-refractivity contribution in [2.45, 2.75) is 19.8 Å². The van der Waals surface area contributed by atoms with Gasteiger partial charge >= 0.3 is 0 Å². The maximum absolute atomic E-state index is 11.8. The van der Waals surface area contributed by atoms with Gasteiger partial charge < -0.3 is 10.2 Å². The molecule has 1 aromatic rings. The van der Waals surface area contributed by atoms with Gasteiger partial charge in [0.2, 0.25) is 5.91 Å². The maximum atomic E-state index is 11.8. The fourth-order valence-corrected chi connectivity index (χ4v) is 2.17. The molecule has 1 heterocycles. The Hall–Kier alpha value is -1.35. The average molecular weight is 218 g/mol. The predicted octanol–water partition coefficient (Wildman–Crippen LogP) is 1.49. The summed E-state index contributed by atoms with van der Waals surface area (Å²) in [6.45, 7) is 3.83. The largest absolute Gasteiger partial charge is 0.320 e. The van der Waals surface area contributed by atoms with Crippen LogP contribution in [0.1, 0.15) is 17.5 Å². The molecule has 3 heteroatoms. The standard InChI is InChI=1S/C13H18N2O/c1-10-4-5-12-11(8-10)9-13(16)15(12)7-3-6-14-2/h4-5,8,14H,3,6-7,9H2,1-2H3. The molecule has 86 valence electrons. The molecule has 0 aliphatic carbocycles. The van der Waals surface area contributed by atoms with Gasteiger partial charge in [-0.2, -0.15) is 0 Å². The third-order valence-corrected chi connectivity index (χ3v) is 2.98. The van der Waals surface area contributed by atoms with Crippen molar-refractivity contribution >= 4 is 11.6 Å². The van der Waals surface area contributed by atoms with E-state index >= 15 is 0 Å². The van der Waals surface area contributed by atoms with Crippen molar-refractivity contribution in [1.29, 1.82) is 0 Å².